The highest BCUT2D eigenvalue weighted by molar-refractivity contribution is 8.00. The molecule has 4 nitrogen and oxygen atoms in total. The number of nitrogens with two attached hydrogens (primary N) is 1. The summed E-state index contributed by atoms with van der Waals surface area (Å²) in [6.07, 6.45) is 4.03. The van der Waals surface area contributed by atoms with Crippen molar-refractivity contribution in [3.63, 3.8) is 0 Å². The van der Waals surface area contributed by atoms with Gasteiger partial charge in [-0.2, -0.15) is 11.8 Å². The van der Waals surface area contributed by atoms with Gasteiger partial charge in [0.1, 0.15) is 0 Å². The fourth-order valence-electron chi connectivity index (χ4n) is 2.24. The number of hydrogen-bond donors (Lipinski definition) is 2. The number of para-hydroxylation sites is 1. The molecule has 0 aliphatic carbocycles. The molecule has 112 valence electrons. The minimum absolute atomic E-state index is 0. The van der Waals surface area contributed by atoms with Crippen molar-refractivity contribution < 1.29 is 9.53 Å². The topological polar surface area (TPSA) is 64.4 Å². The molecule has 0 spiro atoms. The van der Waals surface area contributed by atoms with Gasteiger partial charge in [-0.15, -0.1) is 12.4 Å². The van der Waals surface area contributed by atoms with E-state index in [2.05, 4.69) is 11.6 Å². The molecule has 3 N–H and O–H groups in total. The molecule has 0 saturated carbocycles. The SMILES string of the molecule is CSC1(CNC(=O)c2ccccc2N)CCOCC1.Cl. The molecule has 1 aromatic rings. The highest BCUT2D eigenvalue weighted by atomic mass is 35.5. The largest absolute Gasteiger partial charge is 0.398 e. The lowest BCUT2D eigenvalue weighted by molar-refractivity contribution is 0.0742. The van der Waals surface area contributed by atoms with Crippen LogP contribution in [0.5, 0.6) is 0 Å². The molecule has 0 aromatic heterocycles. The highest BCUT2D eigenvalue weighted by Crippen LogP contribution is 2.33. The Morgan fingerprint density at radius 3 is 2.65 bits per heavy atom. The van der Waals surface area contributed by atoms with Crippen molar-refractivity contribution in [2.75, 3.05) is 31.7 Å². The summed E-state index contributed by atoms with van der Waals surface area (Å²) >= 11 is 1.81. The molecular weight excluding hydrogens is 296 g/mol. The predicted molar refractivity (Wildman–Crippen MR) is 86.7 cm³/mol. The van der Waals surface area contributed by atoms with Gasteiger partial charge in [-0.25, -0.2) is 0 Å². The number of ether oxygens (including phenoxy) is 1. The molecule has 0 atom stereocenters. The fraction of sp³-hybridized carbons (Fsp3) is 0.500. The first kappa shape index (κ1) is 17.1. The van der Waals surface area contributed by atoms with Gasteiger partial charge in [0.15, 0.2) is 0 Å². The summed E-state index contributed by atoms with van der Waals surface area (Å²) in [5, 5.41) is 3.01. The lowest BCUT2D eigenvalue weighted by Crippen LogP contribution is -2.44. The molecular formula is C14H21ClN2O2S. The number of halogens is 1. The number of benzene rings is 1. The Morgan fingerprint density at radius 2 is 2.05 bits per heavy atom. The van der Waals surface area contributed by atoms with Crippen molar-refractivity contribution in [2.24, 2.45) is 0 Å². The maximum absolute atomic E-state index is 12.1. The zero-order chi connectivity index (χ0) is 13.7. The van der Waals surface area contributed by atoms with E-state index in [-0.39, 0.29) is 23.1 Å². The molecule has 1 heterocycles. The Balaban J connectivity index is 0.00000200. The van der Waals surface area contributed by atoms with Crippen LogP contribution in [0.1, 0.15) is 23.2 Å². The molecule has 0 radical (unpaired) electrons. The monoisotopic (exact) mass is 316 g/mol. The van der Waals surface area contributed by atoms with E-state index in [1.165, 1.54) is 0 Å². The zero-order valence-corrected chi connectivity index (χ0v) is 13.2. The van der Waals surface area contributed by atoms with Crippen LogP contribution >= 0.6 is 24.2 Å². The quantitative estimate of drug-likeness (QED) is 0.837. The highest BCUT2D eigenvalue weighted by Gasteiger charge is 2.32. The number of nitrogen functional groups attached to an aromatic ring is 1. The van der Waals surface area contributed by atoms with Gasteiger partial charge in [-0.05, 0) is 31.2 Å². The van der Waals surface area contributed by atoms with Gasteiger partial charge in [0.2, 0.25) is 0 Å². The van der Waals surface area contributed by atoms with Crippen LogP contribution in [-0.4, -0.2) is 36.7 Å². The average molecular weight is 317 g/mol. The van der Waals surface area contributed by atoms with Crippen LogP contribution in [-0.2, 0) is 4.74 Å². The second-order valence-electron chi connectivity index (χ2n) is 4.77. The summed E-state index contributed by atoms with van der Waals surface area (Å²) in [6.45, 7) is 2.19. The average Bonchev–Trinajstić information content (AvgIpc) is 2.46. The second kappa shape index (κ2) is 7.76. The van der Waals surface area contributed by atoms with Gasteiger partial charge in [0, 0.05) is 30.2 Å². The van der Waals surface area contributed by atoms with Crippen LogP contribution in [0.2, 0.25) is 0 Å². The molecule has 0 bridgehead atoms. The predicted octanol–water partition coefficient (Wildman–Crippen LogP) is 2.33. The van der Waals surface area contributed by atoms with Crippen LogP contribution in [0.25, 0.3) is 0 Å². The van der Waals surface area contributed by atoms with Crippen LogP contribution in [0.4, 0.5) is 5.69 Å². The summed E-state index contributed by atoms with van der Waals surface area (Å²) in [6, 6.07) is 7.14. The number of rotatable bonds is 4. The summed E-state index contributed by atoms with van der Waals surface area (Å²) in [4.78, 5) is 12.1. The third kappa shape index (κ3) is 4.04. The van der Waals surface area contributed by atoms with E-state index in [0.717, 1.165) is 26.1 Å². The van der Waals surface area contributed by atoms with E-state index in [9.17, 15) is 4.79 Å². The van der Waals surface area contributed by atoms with Crippen molar-refractivity contribution in [2.45, 2.75) is 17.6 Å². The normalized spacial score (nSPS) is 17.1. The van der Waals surface area contributed by atoms with Crippen LogP contribution in [0, 0.1) is 0 Å². The van der Waals surface area contributed by atoms with Crippen LogP contribution < -0.4 is 11.1 Å². The Hall–Kier alpha value is -0.910. The van der Waals surface area contributed by atoms with Gasteiger partial charge < -0.3 is 15.8 Å². The third-order valence-electron chi connectivity index (χ3n) is 3.61. The van der Waals surface area contributed by atoms with Crippen molar-refractivity contribution in [1.82, 2.24) is 5.32 Å². The first-order chi connectivity index (χ1) is 9.17. The standard InChI is InChI=1S/C14H20N2O2S.ClH/c1-19-14(6-8-18-9-7-14)10-16-13(17)11-4-2-3-5-12(11)15;/h2-5H,6-10,15H2,1H3,(H,16,17);1H. The van der Waals surface area contributed by atoms with E-state index in [0.29, 0.717) is 17.8 Å². The number of carbonyl (C=O) groups excluding carboxylic acids is 1. The van der Waals surface area contributed by atoms with E-state index < -0.39 is 0 Å². The van der Waals surface area contributed by atoms with E-state index in [1.807, 2.05) is 23.9 Å². The Kier molecular flexibility index (Phi) is 6.65. The number of carbonyl (C=O) groups is 1. The lowest BCUT2D eigenvalue weighted by atomic mass is 9.99. The van der Waals surface area contributed by atoms with E-state index in [1.54, 1.807) is 12.1 Å². The molecule has 1 fully saturated rings. The molecule has 20 heavy (non-hydrogen) atoms. The molecule has 1 aromatic carbocycles. The fourth-order valence-corrected chi connectivity index (χ4v) is 3.03. The van der Waals surface area contributed by atoms with Crippen molar-refractivity contribution in [1.29, 1.82) is 0 Å². The summed E-state index contributed by atoms with van der Waals surface area (Å²) in [7, 11) is 0. The summed E-state index contributed by atoms with van der Waals surface area (Å²) < 4.78 is 5.49. The van der Waals surface area contributed by atoms with Crippen LogP contribution in [0.3, 0.4) is 0 Å². The van der Waals surface area contributed by atoms with Crippen molar-refractivity contribution in [3.05, 3.63) is 29.8 Å². The molecule has 1 amide bonds. The summed E-state index contributed by atoms with van der Waals surface area (Å²) in [5.41, 5.74) is 6.88. The second-order valence-corrected chi connectivity index (χ2v) is 6.04. The minimum atomic E-state index is -0.0991. The van der Waals surface area contributed by atoms with Gasteiger partial charge in [0.05, 0.1) is 5.56 Å². The van der Waals surface area contributed by atoms with Crippen molar-refractivity contribution >= 4 is 35.8 Å². The van der Waals surface area contributed by atoms with Crippen molar-refractivity contribution in [3.8, 4) is 0 Å². The molecule has 2 rings (SSSR count). The Labute approximate surface area is 130 Å². The number of anilines is 1. The molecule has 1 aliphatic rings. The maximum Gasteiger partial charge on any atom is 0.253 e. The molecule has 1 aliphatic heterocycles. The number of amides is 1. The third-order valence-corrected chi connectivity index (χ3v) is 5.03. The number of nitrogens with one attached hydrogen (secondary N) is 1. The first-order valence-corrected chi connectivity index (χ1v) is 7.65. The minimum Gasteiger partial charge on any atom is -0.398 e. The molecule has 0 unspecified atom stereocenters. The zero-order valence-electron chi connectivity index (χ0n) is 11.6. The molecule has 6 heteroatoms. The van der Waals surface area contributed by atoms with E-state index in [4.69, 9.17) is 10.5 Å². The molecule has 1 saturated heterocycles. The van der Waals surface area contributed by atoms with Gasteiger partial charge in [-0.1, -0.05) is 12.1 Å². The van der Waals surface area contributed by atoms with Gasteiger partial charge in [-0.3, -0.25) is 4.79 Å². The summed E-state index contributed by atoms with van der Waals surface area (Å²) in [5.74, 6) is -0.0991. The smallest absolute Gasteiger partial charge is 0.253 e. The maximum atomic E-state index is 12.1. The Bertz CT molecular complexity index is 451. The van der Waals surface area contributed by atoms with Gasteiger partial charge in [0.25, 0.3) is 5.91 Å². The number of thioether (sulfide) groups is 1. The van der Waals surface area contributed by atoms with E-state index >= 15 is 0 Å². The van der Waals surface area contributed by atoms with Crippen LogP contribution in [0.15, 0.2) is 24.3 Å². The first-order valence-electron chi connectivity index (χ1n) is 6.42. The number of hydrogen-bond acceptors (Lipinski definition) is 4. The Morgan fingerprint density at radius 1 is 1.40 bits per heavy atom. The van der Waals surface area contributed by atoms with Gasteiger partial charge >= 0.3 is 0 Å². The lowest BCUT2D eigenvalue weighted by Gasteiger charge is -2.35.